The van der Waals surface area contributed by atoms with Crippen LogP contribution in [0.2, 0.25) is 13.1 Å². The summed E-state index contributed by atoms with van der Waals surface area (Å²) in [7, 11) is 1.39. The molecule has 1 amide bonds. The van der Waals surface area contributed by atoms with Crippen LogP contribution in [0.1, 0.15) is 11.1 Å². The third-order valence-corrected chi connectivity index (χ3v) is 2.46. The Morgan fingerprint density at radius 3 is 2.67 bits per heavy atom. The standard InChI is InChI=1S/C13H18BNO3/c1-14(17)10-9-12-5-3-11(4-6-12)7-8-13(16)15-18-2/h3-8,17H,9-10H2,1-2H3,(H,15,16)/b8-7+. The highest BCUT2D eigenvalue weighted by atomic mass is 16.6. The second kappa shape index (κ2) is 7.69. The zero-order chi connectivity index (χ0) is 13.4. The molecule has 96 valence electrons. The van der Waals surface area contributed by atoms with Crippen LogP contribution in [0.15, 0.2) is 30.3 Å². The Kier molecular flexibility index (Phi) is 6.18. The molecule has 5 heteroatoms. The summed E-state index contributed by atoms with van der Waals surface area (Å²) >= 11 is 0. The minimum absolute atomic E-state index is 0.276. The molecule has 1 aromatic carbocycles. The van der Waals surface area contributed by atoms with Crippen LogP contribution in [0.3, 0.4) is 0 Å². The molecule has 0 aliphatic carbocycles. The number of rotatable bonds is 6. The molecule has 0 unspecified atom stereocenters. The lowest BCUT2D eigenvalue weighted by molar-refractivity contribution is -0.126. The summed E-state index contributed by atoms with van der Waals surface area (Å²) < 4.78 is 0. The van der Waals surface area contributed by atoms with Gasteiger partial charge in [0.15, 0.2) is 0 Å². The summed E-state index contributed by atoms with van der Waals surface area (Å²) in [5, 5.41) is 9.20. The van der Waals surface area contributed by atoms with Crippen molar-refractivity contribution in [1.29, 1.82) is 0 Å². The normalized spacial score (nSPS) is 10.6. The topological polar surface area (TPSA) is 58.6 Å². The third-order valence-electron chi connectivity index (χ3n) is 2.46. The first-order valence-corrected chi connectivity index (χ1v) is 5.90. The van der Waals surface area contributed by atoms with Crippen LogP contribution in [0.4, 0.5) is 0 Å². The Morgan fingerprint density at radius 2 is 2.11 bits per heavy atom. The average Bonchev–Trinajstić information content (AvgIpc) is 2.35. The van der Waals surface area contributed by atoms with Gasteiger partial charge in [-0.3, -0.25) is 9.63 Å². The Morgan fingerprint density at radius 1 is 1.44 bits per heavy atom. The zero-order valence-corrected chi connectivity index (χ0v) is 10.7. The summed E-state index contributed by atoms with van der Waals surface area (Å²) in [6, 6.07) is 7.87. The van der Waals surface area contributed by atoms with Gasteiger partial charge in [0.25, 0.3) is 12.8 Å². The average molecular weight is 247 g/mol. The van der Waals surface area contributed by atoms with Gasteiger partial charge in [-0.15, -0.1) is 0 Å². The van der Waals surface area contributed by atoms with Gasteiger partial charge < -0.3 is 5.02 Å². The fourth-order valence-electron chi connectivity index (χ4n) is 1.48. The van der Waals surface area contributed by atoms with Crippen molar-refractivity contribution in [3.63, 3.8) is 0 Å². The first-order valence-electron chi connectivity index (χ1n) is 5.90. The van der Waals surface area contributed by atoms with Crippen molar-refractivity contribution in [3.8, 4) is 0 Å². The van der Waals surface area contributed by atoms with Crippen LogP contribution in [0, 0.1) is 0 Å². The summed E-state index contributed by atoms with van der Waals surface area (Å²) in [6.07, 6.45) is 4.73. The lowest BCUT2D eigenvalue weighted by Gasteiger charge is -2.02. The first kappa shape index (κ1) is 14.5. The van der Waals surface area contributed by atoms with Crippen molar-refractivity contribution in [2.75, 3.05) is 7.11 Å². The van der Waals surface area contributed by atoms with E-state index in [4.69, 9.17) is 0 Å². The second-order valence-electron chi connectivity index (χ2n) is 4.13. The molecule has 0 atom stereocenters. The number of hydrogen-bond donors (Lipinski definition) is 2. The number of benzene rings is 1. The largest absolute Gasteiger partial charge is 0.451 e. The Bertz CT molecular complexity index is 401. The number of carbonyl (C=O) groups excluding carboxylic acids is 1. The van der Waals surface area contributed by atoms with Crippen LogP contribution >= 0.6 is 0 Å². The van der Waals surface area contributed by atoms with Gasteiger partial charge in [-0.05, 0) is 29.9 Å². The van der Waals surface area contributed by atoms with Crippen molar-refractivity contribution >= 4 is 18.9 Å². The quantitative estimate of drug-likeness (QED) is 0.455. The summed E-state index contributed by atoms with van der Waals surface area (Å²) in [5.41, 5.74) is 4.33. The van der Waals surface area contributed by atoms with Crippen LogP contribution in [-0.4, -0.2) is 25.0 Å². The molecule has 0 saturated carbocycles. The van der Waals surface area contributed by atoms with Gasteiger partial charge in [0.05, 0.1) is 7.11 Å². The minimum Gasteiger partial charge on any atom is -0.451 e. The Balaban J connectivity index is 2.52. The SMILES string of the molecule is CONC(=O)/C=C/c1ccc(CCB(C)O)cc1. The molecule has 2 N–H and O–H groups in total. The molecule has 0 aliphatic rings. The van der Waals surface area contributed by atoms with Gasteiger partial charge in [0.1, 0.15) is 0 Å². The maximum Gasteiger partial charge on any atom is 0.286 e. The van der Waals surface area contributed by atoms with Crippen molar-refractivity contribution in [3.05, 3.63) is 41.5 Å². The fraction of sp³-hybridized carbons (Fsp3) is 0.308. The van der Waals surface area contributed by atoms with Gasteiger partial charge in [0, 0.05) is 6.08 Å². The van der Waals surface area contributed by atoms with E-state index in [9.17, 15) is 9.82 Å². The molecule has 0 saturated heterocycles. The van der Waals surface area contributed by atoms with E-state index in [0.717, 1.165) is 18.3 Å². The molecular weight excluding hydrogens is 229 g/mol. The predicted octanol–water partition coefficient (Wildman–Crippen LogP) is 1.53. The molecule has 0 heterocycles. The monoisotopic (exact) mass is 247 g/mol. The van der Waals surface area contributed by atoms with E-state index < -0.39 is 0 Å². The van der Waals surface area contributed by atoms with Crippen LogP contribution < -0.4 is 5.48 Å². The lowest BCUT2D eigenvalue weighted by atomic mass is 9.66. The van der Waals surface area contributed by atoms with Crippen molar-refractivity contribution in [2.45, 2.75) is 19.6 Å². The number of hydroxylamine groups is 1. The number of amides is 1. The van der Waals surface area contributed by atoms with Crippen molar-refractivity contribution < 1.29 is 14.7 Å². The fourth-order valence-corrected chi connectivity index (χ4v) is 1.48. The molecule has 1 aromatic rings. The van der Waals surface area contributed by atoms with Crippen LogP contribution in [-0.2, 0) is 16.1 Å². The van der Waals surface area contributed by atoms with E-state index in [-0.39, 0.29) is 12.8 Å². The van der Waals surface area contributed by atoms with E-state index in [1.807, 2.05) is 24.3 Å². The molecule has 0 aliphatic heterocycles. The summed E-state index contributed by atoms with van der Waals surface area (Å²) in [5.74, 6) is -0.296. The molecule has 0 spiro atoms. The minimum atomic E-state index is -0.296. The molecular formula is C13H18BNO3. The highest BCUT2D eigenvalue weighted by Crippen LogP contribution is 2.09. The second-order valence-corrected chi connectivity index (χ2v) is 4.13. The van der Waals surface area contributed by atoms with Crippen molar-refractivity contribution in [2.24, 2.45) is 0 Å². The van der Waals surface area contributed by atoms with Crippen LogP contribution in [0.25, 0.3) is 6.08 Å². The highest BCUT2D eigenvalue weighted by Gasteiger charge is 2.02. The molecule has 0 aromatic heterocycles. The van der Waals surface area contributed by atoms with Gasteiger partial charge in [-0.25, -0.2) is 5.48 Å². The van der Waals surface area contributed by atoms with Gasteiger partial charge >= 0.3 is 0 Å². The van der Waals surface area contributed by atoms with E-state index in [2.05, 4.69) is 10.3 Å². The summed E-state index contributed by atoms with van der Waals surface area (Å²) in [6.45, 7) is 1.51. The maximum absolute atomic E-state index is 11.1. The first-order chi connectivity index (χ1) is 8.61. The molecule has 1 rings (SSSR count). The smallest absolute Gasteiger partial charge is 0.286 e. The highest BCUT2D eigenvalue weighted by molar-refractivity contribution is 6.48. The summed E-state index contributed by atoms with van der Waals surface area (Å²) in [4.78, 5) is 15.6. The van der Waals surface area contributed by atoms with Crippen LogP contribution in [0.5, 0.6) is 0 Å². The Hall–Kier alpha value is -1.59. The van der Waals surface area contributed by atoms with E-state index in [1.165, 1.54) is 18.7 Å². The number of nitrogens with one attached hydrogen (secondary N) is 1. The molecule has 18 heavy (non-hydrogen) atoms. The van der Waals surface area contributed by atoms with Gasteiger partial charge in [-0.2, -0.15) is 0 Å². The van der Waals surface area contributed by atoms with Gasteiger partial charge in [-0.1, -0.05) is 31.1 Å². The maximum atomic E-state index is 11.1. The third kappa shape index (κ3) is 5.66. The molecule has 0 radical (unpaired) electrons. The number of aryl methyl sites for hydroxylation is 1. The molecule has 0 bridgehead atoms. The van der Waals surface area contributed by atoms with E-state index >= 15 is 0 Å². The molecule has 4 nitrogen and oxygen atoms in total. The lowest BCUT2D eigenvalue weighted by Crippen LogP contribution is -2.18. The Labute approximate surface area is 108 Å². The number of hydrogen-bond acceptors (Lipinski definition) is 3. The predicted molar refractivity (Wildman–Crippen MR) is 73.0 cm³/mol. The van der Waals surface area contributed by atoms with Crippen molar-refractivity contribution in [1.82, 2.24) is 5.48 Å². The van der Waals surface area contributed by atoms with E-state index in [0.29, 0.717) is 0 Å². The molecule has 0 fully saturated rings. The van der Waals surface area contributed by atoms with Gasteiger partial charge in [0.2, 0.25) is 0 Å². The number of carbonyl (C=O) groups is 1. The zero-order valence-electron chi connectivity index (χ0n) is 10.7. The van der Waals surface area contributed by atoms with E-state index in [1.54, 1.807) is 12.9 Å².